The molecule has 1 N–H and O–H groups in total. The Morgan fingerprint density at radius 3 is 2.42 bits per heavy atom. The van der Waals surface area contributed by atoms with Crippen LogP contribution >= 0.6 is 0 Å². The van der Waals surface area contributed by atoms with Crippen LogP contribution < -0.4 is 14.8 Å². The minimum Gasteiger partial charge on any atom is -0.497 e. The van der Waals surface area contributed by atoms with E-state index in [1.54, 1.807) is 33.7 Å². The molecule has 0 radical (unpaired) electrons. The van der Waals surface area contributed by atoms with Gasteiger partial charge in [-0.05, 0) is 54.3 Å². The average molecular weight is 446 g/mol. The molecule has 172 valence electrons. The fourth-order valence-corrected chi connectivity index (χ4v) is 4.74. The molecule has 33 heavy (non-hydrogen) atoms. The Hall–Kier alpha value is -3.38. The topological polar surface area (TPSA) is 63.7 Å². The first-order chi connectivity index (χ1) is 16.1. The Labute approximate surface area is 195 Å². The van der Waals surface area contributed by atoms with Gasteiger partial charge in [-0.25, -0.2) is 0 Å². The molecule has 0 bridgehead atoms. The number of carbonyl (C=O) groups is 1. The summed E-state index contributed by atoms with van der Waals surface area (Å²) in [6, 6.07) is 18.4. The van der Waals surface area contributed by atoms with Crippen LogP contribution in [0.2, 0.25) is 0 Å². The van der Waals surface area contributed by atoms with Gasteiger partial charge < -0.3 is 14.8 Å². The van der Waals surface area contributed by atoms with Gasteiger partial charge in [0.1, 0.15) is 11.5 Å². The lowest BCUT2D eigenvalue weighted by Gasteiger charge is -2.28. The summed E-state index contributed by atoms with van der Waals surface area (Å²) in [5.74, 6) is 1.68. The quantitative estimate of drug-likeness (QED) is 0.569. The molecule has 0 aliphatic carbocycles. The maximum Gasteiger partial charge on any atom is 0.227 e. The lowest BCUT2D eigenvalue weighted by atomic mass is 9.79. The molecule has 6 heteroatoms. The highest BCUT2D eigenvalue weighted by atomic mass is 16.5. The molecular weight excluding hydrogens is 414 g/mol. The molecule has 1 aliphatic heterocycles. The summed E-state index contributed by atoms with van der Waals surface area (Å²) < 4.78 is 10.9. The summed E-state index contributed by atoms with van der Waals surface area (Å²) in [6.45, 7) is 2.29. The molecule has 1 aromatic heterocycles. The van der Waals surface area contributed by atoms with Crippen LogP contribution in [0.5, 0.6) is 11.5 Å². The molecule has 2 aromatic carbocycles. The minimum absolute atomic E-state index is 0.102. The van der Waals surface area contributed by atoms with Gasteiger partial charge in [-0.3, -0.25) is 14.7 Å². The van der Waals surface area contributed by atoms with Gasteiger partial charge in [0.25, 0.3) is 0 Å². The third-order valence-electron chi connectivity index (χ3n) is 6.54. The maximum atomic E-state index is 13.0. The number of rotatable bonds is 8. The number of ether oxygens (including phenoxy) is 2. The fraction of sp³-hybridized carbons (Fsp3) is 0.333. The van der Waals surface area contributed by atoms with Crippen molar-refractivity contribution in [1.29, 1.82) is 0 Å². The molecule has 1 saturated heterocycles. The molecule has 1 aliphatic rings. The predicted octanol–water partition coefficient (Wildman–Crippen LogP) is 3.95. The van der Waals surface area contributed by atoms with Gasteiger partial charge in [0.2, 0.25) is 5.91 Å². The van der Waals surface area contributed by atoms with E-state index in [9.17, 15) is 4.79 Å². The van der Waals surface area contributed by atoms with Crippen LogP contribution in [0.25, 0.3) is 11.1 Å². The Bertz CT molecular complexity index is 1090. The number of benzene rings is 2. The van der Waals surface area contributed by atoms with Gasteiger partial charge in [0.15, 0.2) is 0 Å². The molecule has 2 heterocycles. The number of carbonyl (C=O) groups excluding carboxylic acids is 1. The molecular formula is C27H31N3O3. The Balaban J connectivity index is 1.50. The third-order valence-corrected chi connectivity index (χ3v) is 6.54. The van der Waals surface area contributed by atoms with E-state index in [1.807, 2.05) is 30.3 Å². The van der Waals surface area contributed by atoms with E-state index in [1.165, 1.54) is 5.56 Å². The van der Waals surface area contributed by atoms with Crippen molar-refractivity contribution in [2.24, 2.45) is 5.41 Å². The highest BCUT2D eigenvalue weighted by Crippen LogP contribution is 2.37. The monoisotopic (exact) mass is 445 g/mol. The largest absolute Gasteiger partial charge is 0.497 e. The summed E-state index contributed by atoms with van der Waals surface area (Å²) >= 11 is 0. The van der Waals surface area contributed by atoms with E-state index in [2.05, 4.69) is 39.5 Å². The van der Waals surface area contributed by atoms with E-state index in [0.717, 1.165) is 47.7 Å². The Morgan fingerprint density at radius 1 is 1.03 bits per heavy atom. The highest BCUT2D eigenvalue weighted by molar-refractivity contribution is 5.83. The first kappa shape index (κ1) is 22.8. The van der Waals surface area contributed by atoms with Crippen LogP contribution in [0, 0.1) is 5.41 Å². The van der Waals surface area contributed by atoms with Crippen LogP contribution in [0.1, 0.15) is 17.5 Å². The van der Waals surface area contributed by atoms with Crippen LogP contribution in [-0.2, 0) is 17.8 Å². The average Bonchev–Trinajstić information content (AvgIpc) is 3.28. The van der Waals surface area contributed by atoms with Crippen molar-refractivity contribution in [1.82, 2.24) is 15.2 Å². The number of hydrogen-bond donors (Lipinski definition) is 1. The Kier molecular flexibility index (Phi) is 6.94. The van der Waals surface area contributed by atoms with Gasteiger partial charge in [-0.1, -0.05) is 30.3 Å². The van der Waals surface area contributed by atoms with Gasteiger partial charge in [0, 0.05) is 44.2 Å². The van der Waals surface area contributed by atoms with Crippen LogP contribution in [0.3, 0.4) is 0 Å². The number of pyridine rings is 1. The van der Waals surface area contributed by atoms with Crippen LogP contribution in [0.4, 0.5) is 0 Å². The van der Waals surface area contributed by atoms with Crippen molar-refractivity contribution in [3.05, 3.63) is 78.1 Å². The van der Waals surface area contributed by atoms with Crippen molar-refractivity contribution in [3.8, 4) is 22.6 Å². The van der Waals surface area contributed by atoms with Crippen molar-refractivity contribution in [2.75, 3.05) is 34.4 Å². The van der Waals surface area contributed by atoms with Gasteiger partial charge in [-0.15, -0.1) is 0 Å². The van der Waals surface area contributed by atoms with E-state index < -0.39 is 5.41 Å². The summed E-state index contributed by atoms with van der Waals surface area (Å²) in [7, 11) is 5.05. The fourth-order valence-electron chi connectivity index (χ4n) is 4.74. The Morgan fingerprint density at radius 2 is 1.76 bits per heavy atom. The number of amides is 1. The molecule has 0 spiro atoms. The molecule has 4 rings (SSSR count). The maximum absolute atomic E-state index is 13.0. The zero-order valence-corrected chi connectivity index (χ0v) is 19.5. The smallest absolute Gasteiger partial charge is 0.227 e. The summed E-state index contributed by atoms with van der Waals surface area (Å²) in [6.07, 6.45) is 5.13. The normalized spacial score (nSPS) is 18.2. The lowest BCUT2D eigenvalue weighted by molar-refractivity contribution is -0.130. The molecule has 1 amide bonds. The second kappa shape index (κ2) is 10.0. The summed E-state index contributed by atoms with van der Waals surface area (Å²) in [4.78, 5) is 19.5. The number of likely N-dealkylation sites (tertiary alicyclic amines) is 1. The third kappa shape index (κ3) is 5.01. The van der Waals surface area contributed by atoms with Crippen LogP contribution in [0.15, 0.2) is 67.0 Å². The van der Waals surface area contributed by atoms with E-state index >= 15 is 0 Å². The molecule has 1 fully saturated rings. The van der Waals surface area contributed by atoms with Gasteiger partial charge in [-0.2, -0.15) is 0 Å². The highest BCUT2D eigenvalue weighted by Gasteiger charge is 2.44. The number of nitrogens with zero attached hydrogens (tertiary/aromatic N) is 2. The second-order valence-electron chi connectivity index (χ2n) is 8.61. The SMILES string of the molecule is CNC(=O)C1(Cc2ccc(-c3ccncc3)cc2)CCN(Cc2ccc(OC)cc2OC)C1. The van der Waals surface area contributed by atoms with E-state index in [-0.39, 0.29) is 5.91 Å². The molecule has 1 atom stereocenters. The predicted molar refractivity (Wildman–Crippen MR) is 129 cm³/mol. The number of aromatic nitrogens is 1. The number of nitrogens with one attached hydrogen (secondary N) is 1. The molecule has 1 unspecified atom stereocenters. The number of hydrogen-bond acceptors (Lipinski definition) is 5. The zero-order chi connectivity index (χ0) is 23.3. The van der Waals surface area contributed by atoms with Crippen molar-refractivity contribution in [2.45, 2.75) is 19.4 Å². The lowest BCUT2D eigenvalue weighted by Crippen LogP contribution is -2.43. The van der Waals surface area contributed by atoms with Crippen molar-refractivity contribution in [3.63, 3.8) is 0 Å². The van der Waals surface area contributed by atoms with Crippen molar-refractivity contribution >= 4 is 5.91 Å². The summed E-state index contributed by atoms with van der Waals surface area (Å²) in [5.41, 5.74) is 4.09. The molecule has 6 nitrogen and oxygen atoms in total. The van der Waals surface area contributed by atoms with E-state index in [4.69, 9.17) is 9.47 Å². The molecule has 0 saturated carbocycles. The van der Waals surface area contributed by atoms with Gasteiger partial charge in [0.05, 0.1) is 19.6 Å². The second-order valence-corrected chi connectivity index (χ2v) is 8.61. The minimum atomic E-state index is -0.452. The van der Waals surface area contributed by atoms with E-state index in [0.29, 0.717) is 13.0 Å². The van der Waals surface area contributed by atoms with Crippen molar-refractivity contribution < 1.29 is 14.3 Å². The summed E-state index contributed by atoms with van der Waals surface area (Å²) in [5, 5.41) is 2.91. The first-order valence-corrected chi connectivity index (χ1v) is 11.2. The zero-order valence-electron chi connectivity index (χ0n) is 19.5. The van der Waals surface area contributed by atoms with Crippen LogP contribution in [-0.4, -0.2) is 50.1 Å². The number of methoxy groups -OCH3 is 2. The van der Waals surface area contributed by atoms with Gasteiger partial charge >= 0.3 is 0 Å². The standard InChI is InChI=1S/C27H31N3O3/c1-28-26(31)27(17-20-4-6-21(7-5-20)22-10-13-29-14-11-22)12-15-30(19-27)18-23-8-9-24(32-2)16-25(23)33-3/h4-11,13-14,16H,12,15,17-19H2,1-3H3,(H,28,31). The first-order valence-electron chi connectivity index (χ1n) is 11.2. The molecule has 3 aromatic rings.